The Morgan fingerprint density at radius 1 is 1.40 bits per heavy atom. The van der Waals surface area contributed by atoms with Crippen LogP contribution in [0.3, 0.4) is 0 Å². The van der Waals surface area contributed by atoms with Crippen LogP contribution in [-0.2, 0) is 0 Å². The molecular weight excluding hydrogens is 186 g/mol. The highest BCUT2D eigenvalue weighted by Gasteiger charge is 2.35. The Bertz CT molecular complexity index is 263. The number of nitrogens with zero attached hydrogens (tertiary/aromatic N) is 2. The van der Waals surface area contributed by atoms with Gasteiger partial charge in [0.1, 0.15) is 5.54 Å². The van der Waals surface area contributed by atoms with Crippen LogP contribution < -0.4 is 5.32 Å². The Balaban J connectivity index is 1.84. The number of hydrogen-bond acceptors (Lipinski definition) is 3. The molecule has 1 unspecified atom stereocenters. The Kier molecular flexibility index (Phi) is 2.99. The van der Waals surface area contributed by atoms with Gasteiger partial charge in [-0.1, -0.05) is 6.42 Å². The molecule has 15 heavy (non-hydrogen) atoms. The highest BCUT2D eigenvalue weighted by Crippen LogP contribution is 2.26. The first-order chi connectivity index (χ1) is 7.13. The lowest BCUT2D eigenvalue weighted by Crippen LogP contribution is -2.53. The largest absolute Gasteiger partial charge is 0.301 e. The number of hydrogen-bond donors (Lipinski definition) is 1. The van der Waals surface area contributed by atoms with E-state index in [0.717, 1.165) is 12.6 Å². The van der Waals surface area contributed by atoms with Crippen molar-refractivity contribution in [3.05, 3.63) is 0 Å². The summed E-state index contributed by atoms with van der Waals surface area (Å²) in [6.07, 6.45) is 6.45. The van der Waals surface area contributed by atoms with Crippen LogP contribution in [0.4, 0.5) is 0 Å². The minimum Gasteiger partial charge on any atom is -0.301 e. The van der Waals surface area contributed by atoms with Gasteiger partial charge in [0.05, 0.1) is 6.07 Å². The van der Waals surface area contributed by atoms with E-state index in [-0.39, 0.29) is 5.54 Å². The van der Waals surface area contributed by atoms with Crippen LogP contribution in [0, 0.1) is 11.3 Å². The number of nitrogens with one attached hydrogen (secondary N) is 1. The summed E-state index contributed by atoms with van der Waals surface area (Å²) in [4.78, 5) is 2.35. The average Bonchev–Trinajstić information content (AvgIpc) is 2.84. The second-order valence-electron chi connectivity index (χ2n) is 5.36. The van der Waals surface area contributed by atoms with E-state index in [9.17, 15) is 5.26 Å². The van der Waals surface area contributed by atoms with Crippen molar-refractivity contribution < 1.29 is 0 Å². The van der Waals surface area contributed by atoms with Crippen molar-refractivity contribution in [3.63, 3.8) is 0 Å². The van der Waals surface area contributed by atoms with Crippen LogP contribution in [0.25, 0.3) is 0 Å². The molecule has 0 aromatic heterocycles. The summed E-state index contributed by atoms with van der Waals surface area (Å²) in [5.41, 5.74) is -0.356. The van der Waals surface area contributed by atoms with Crippen molar-refractivity contribution in [2.24, 2.45) is 0 Å². The van der Waals surface area contributed by atoms with E-state index in [2.05, 4.69) is 23.3 Å². The van der Waals surface area contributed by atoms with Gasteiger partial charge in [-0.2, -0.15) is 5.26 Å². The molecule has 0 saturated heterocycles. The van der Waals surface area contributed by atoms with Gasteiger partial charge >= 0.3 is 0 Å². The van der Waals surface area contributed by atoms with Crippen molar-refractivity contribution in [3.8, 4) is 6.07 Å². The van der Waals surface area contributed by atoms with E-state index in [1.807, 2.05) is 6.92 Å². The van der Waals surface area contributed by atoms with Crippen molar-refractivity contribution in [2.45, 2.75) is 56.7 Å². The summed E-state index contributed by atoms with van der Waals surface area (Å²) < 4.78 is 0. The first-order valence-electron chi connectivity index (χ1n) is 6.02. The fourth-order valence-electron chi connectivity index (χ4n) is 2.25. The highest BCUT2D eigenvalue weighted by molar-refractivity contribution is 5.09. The third kappa shape index (κ3) is 2.70. The van der Waals surface area contributed by atoms with Gasteiger partial charge in [-0.15, -0.1) is 0 Å². The molecule has 0 spiro atoms. The van der Waals surface area contributed by atoms with Gasteiger partial charge in [0.25, 0.3) is 0 Å². The zero-order valence-electron chi connectivity index (χ0n) is 9.79. The fraction of sp³-hybridized carbons (Fsp3) is 0.917. The lowest BCUT2D eigenvalue weighted by atomic mass is 9.90. The zero-order valence-corrected chi connectivity index (χ0v) is 9.79. The fourth-order valence-corrected chi connectivity index (χ4v) is 2.25. The molecule has 1 N–H and O–H groups in total. The second kappa shape index (κ2) is 4.11. The van der Waals surface area contributed by atoms with E-state index < -0.39 is 0 Å². The quantitative estimate of drug-likeness (QED) is 0.742. The predicted molar refractivity (Wildman–Crippen MR) is 60.4 cm³/mol. The van der Waals surface area contributed by atoms with Crippen molar-refractivity contribution in [2.75, 3.05) is 13.6 Å². The topological polar surface area (TPSA) is 39.1 Å². The van der Waals surface area contributed by atoms with Crippen LogP contribution in [0.5, 0.6) is 0 Å². The zero-order chi connectivity index (χ0) is 10.9. The number of likely N-dealkylation sites (N-methyl/N-ethyl adjacent to an activating group) is 1. The van der Waals surface area contributed by atoms with Gasteiger partial charge in [0.2, 0.25) is 0 Å². The first-order valence-corrected chi connectivity index (χ1v) is 6.02. The van der Waals surface area contributed by atoms with Crippen LogP contribution in [0.2, 0.25) is 0 Å². The van der Waals surface area contributed by atoms with Crippen LogP contribution >= 0.6 is 0 Å². The molecule has 2 fully saturated rings. The van der Waals surface area contributed by atoms with Gasteiger partial charge in [0.15, 0.2) is 0 Å². The molecule has 2 aliphatic carbocycles. The van der Waals surface area contributed by atoms with Gasteiger partial charge in [0, 0.05) is 18.6 Å². The molecule has 2 saturated carbocycles. The third-order valence-corrected chi connectivity index (χ3v) is 3.61. The van der Waals surface area contributed by atoms with E-state index in [1.54, 1.807) is 0 Å². The maximum atomic E-state index is 9.24. The Morgan fingerprint density at radius 2 is 2.07 bits per heavy atom. The molecule has 0 aromatic carbocycles. The normalized spacial score (nSPS) is 25.7. The van der Waals surface area contributed by atoms with E-state index in [0.29, 0.717) is 6.04 Å². The summed E-state index contributed by atoms with van der Waals surface area (Å²) in [6, 6.07) is 3.75. The smallest absolute Gasteiger partial charge is 0.116 e. The predicted octanol–water partition coefficient (Wildman–Crippen LogP) is 1.50. The number of nitriles is 1. The van der Waals surface area contributed by atoms with Gasteiger partial charge < -0.3 is 4.90 Å². The highest BCUT2D eigenvalue weighted by atomic mass is 15.2. The van der Waals surface area contributed by atoms with Crippen molar-refractivity contribution in [1.29, 1.82) is 5.26 Å². The molecule has 0 aromatic rings. The van der Waals surface area contributed by atoms with Crippen LogP contribution in [0.1, 0.15) is 39.0 Å². The molecule has 1 atom stereocenters. The minimum absolute atomic E-state index is 0.356. The standard InChI is InChI=1S/C12H21N3/c1-12(8-13,14-10-6-7-10)9-15(2)11-4-3-5-11/h10-11,14H,3-7,9H2,1-2H3. The summed E-state index contributed by atoms with van der Waals surface area (Å²) >= 11 is 0. The Labute approximate surface area is 92.4 Å². The molecule has 0 bridgehead atoms. The SMILES string of the molecule is CN(CC(C)(C#N)NC1CC1)C1CCC1. The second-order valence-corrected chi connectivity index (χ2v) is 5.36. The Morgan fingerprint density at radius 3 is 2.47 bits per heavy atom. The molecule has 0 aliphatic heterocycles. The summed E-state index contributed by atoms with van der Waals surface area (Å²) in [6.45, 7) is 2.88. The molecule has 84 valence electrons. The van der Waals surface area contributed by atoms with E-state index >= 15 is 0 Å². The first kappa shape index (κ1) is 10.9. The molecule has 2 aliphatic rings. The molecule has 3 nitrogen and oxygen atoms in total. The van der Waals surface area contributed by atoms with Gasteiger partial charge in [-0.3, -0.25) is 5.32 Å². The maximum Gasteiger partial charge on any atom is 0.116 e. The van der Waals surface area contributed by atoms with Crippen LogP contribution in [-0.4, -0.2) is 36.1 Å². The lowest BCUT2D eigenvalue weighted by Gasteiger charge is -2.38. The number of rotatable bonds is 5. The molecular formula is C12H21N3. The summed E-state index contributed by atoms with van der Waals surface area (Å²) in [5, 5.41) is 12.7. The van der Waals surface area contributed by atoms with E-state index in [1.165, 1.54) is 32.1 Å². The van der Waals surface area contributed by atoms with Gasteiger partial charge in [-0.25, -0.2) is 0 Å². The molecule has 3 heteroatoms. The van der Waals surface area contributed by atoms with Crippen molar-refractivity contribution in [1.82, 2.24) is 10.2 Å². The monoisotopic (exact) mass is 207 g/mol. The lowest BCUT2D eigenvalue weighted by molar-refractivity contribution is 0.133. The third-order valence-electron chi connectivity index (χ3n) is 3.61. The Hall–Kier alpha value is -0.590. The molecule has 2 rings (SSSR count). The van der Waals surface area contributed by atoms with Crippen molar-refractivity contribution >= 4 is 0 Å². The van der Waals surface area contributed by atoms with Gasteiger partial charge in [-0.05, 0) is 39.7 Å². The van der Waals surface area contributed by atoms with E-state index in [4.69, 9.17) is 0 Å². The molecule has 0 amide bonds. The molecule has 0 heterocycles. The average molecular weight is 207 g/mol. The summed E-state index contributed by atoms with van der Waals surface area (Å²) in [7, 11) is 2.15. The maximum absolute atomic E-state index is 9.24. The van der Waals surface area contributed by atoms with Crippen LogP contribution in [0.15, 0.2) is 0 Å². The summed E-state index contributed by atoms with van der Waals surface area (Å²) in [5.74, 6) is 0. The minimum atomic E-state index is -0.356. The molecule has 0 radical (unpaired) electrons.